The number of ketones is 1. The molecule has 94 valence electrons. The maximum Gasteiger partial charge on any atom is 0.183 e. The third-order valence-corrected chi connectivity index (χ3v) is 2.75. The van der Waals surface area contributed by atoms with Gasteiger partial charge in [0.15, 0.2) is 5.78 Å². The molecular weight excluding hydrogens is 226 g/mol. The smallest absolute Gasteiger partial charge is 0.183 e. The van der Waals surface area contributed by atoms with Gasteiger partial charge in [-0.15, -0.1) is 0 Å². The summed E-state index contributed by atoms with van der Waals surface area (Å²) < 4.78 is 5.44. The number of carbonyl (C=O) groups is 1. The van der Waals surface area contributed by atoms with Crippen LogP contribution in [-0.4, -0.2) is 17.4 Å². The molecule has 0 N–H and O–H groups in total. The molecule has 1 aromatic heterocycles. The van der Waals surface area contributed by atoms with Gasteiger partial charge in [-0.3, -0.25) is 4.79 Å². The summed E-state index contributed by atoms with van der Waals surface area (Å²) in [7, 11) is 0. The maximum atomic E-state index is 11.9. The Bertz CT molecular complexity index is 576. The average Bonchev–Trinajstić information content (AvgIpc) is 2.37. The summed E-state index contributed by atoms with van der Waals surface area (Å²) in [5, 5.41) is 0.987. The number of aromatic nitrogens is 1. The number of benzene rings is 1. The molecule has 2 rings (SSSR count). The lowest BCUT2D eigenvalue weighted by Crippen LogP contribution is -2.09. The van der Waals surface area contributed by atoms with Crippen molar-refractivity contribution in [2.45, 2.75) is 20.8 Å². The van der Waals surface area contributed by atoms with Crippen molar-refractivity contribution < 1.29 is 9.53 Å². The monoisotopic (exact) mass is 243 g/mol. The molecule has 18 heavy (non-hydrogen) atoms. The zero-order valence-corrected chi connectivity index (χ0v) is 10.9. The lowest BCUT2D eigenvalue weighted by molar-refractivity contribution is 0.0935. The number of hydrogen-bond acceptors (Lipinski definition) is 3. The Balaban J connectivity index is 2.41. The van der Waals surface area contributed by atoms with Crippen LogP contribution in [0.5, 0.6) is 5.75 Å². The molecule has 0 unspecified atom stereocenters. The van der Waals surface area contributed by atoms with E-state index in [4.69, 9.17) is 4.74 Å². The van der Waals surface area contributed by atoms with Crippen molar-refractivity contribution in [1.29, 1.82) is 0 Å². The van der Waals surface area contributed by atoms with E-state index in [-0.39, 0.29) is 11.7 Å². The van der Waals surface area contributed by atoms with Gasteiger partial charge in [-0.25, -0.2) is 4.98 Å². The summed E-state index contributed by atoms with van der Waals surface area (Å²) in [4.78, 5) is 16.3. The van der Waals surface area contributed by atoms with Gasteiger partial charge in [-0.05, 0) is 31.2 Å². The number of fused-ring (bicyclic) bond motifs is 1. The normalized spacial score (nSPS) is 10.9. The van der Waals surface area contributed by atoms with E-state index in [9.17, 15) is 4.79 Å². The Hall–Kier alpha value is -1.90. The van der Waals surface area contributed by atoms with E-state index in [1.165, 1.54) is 0 Å². The number of Topliss-reactive ketones (excluding diaryl/α,β-unsaturated/α-hetero) is 1. The van der Waals surface area contributed by atoms with Crippen LogP contribution in [0.1, 0.15) is 31.3 Å². The summed E-state index contributed by atoms with van der Waals surface area (Å²) in [6, 6.07) is 9.40. The Morgan fingerprint density at radius 2 is 2.06 bits per heavy atom. The maximum absolute atomic E-state index is 11.9. The molecule has 0 aliphatic rings. The third kappa shape index (κ3) is 2.50. The summed E-state index contributed by atoms with van der Waals surface area (Å²) in [5.74, 6) is 0.873. The minimum atomic E-state index is -0.0300. The molecule has 0 aliphatic carbocycles. The Labute approximate surface area is 107 Å². The zero-order valence-electron chi connectivity index (χ0n) is 10.9. The molecule has 0 spiro atoms. The van der Waals surface area contributed by atoms with Gasteiger partial charge in [-0.2, -0.15) is 0 Å². The fraction of sp³-hybridized carbons (Fsp3) is 0.333. The minimum absolute atomic E-state index is 0.0300. The van der Waals surface area contributed by atoms with E-state index in [2.05, 4.69) is 4.98 Å². The summed E-state index contributed by atoms with van der Waals surface area (Å²) in [6.07, 6.45) is 0. The second-order valence-corrected chi connectivity index (χ2v) is 4.50. The molecule has 0 fully saturated rings. The fourth-order valence-corrected chi connectivity index (χ4v) is 1.79. The van der Waals surface area contributed by atoms with E-state index in [0.29, 0.717) is 12.3 Å². The first-order valence-electron chi connectivity index (χ1n) is 6.19. The molecule has 3 nitrogen and oxygen atoms in total. The molecule has 0 saturated heterocycles. The molecule has 0 atom stereocenters. The van der Waals surface area contributed by atoms with E-state index in [1.54, 1.807) is 6.07 Å². The van der Waals surface area contributed by atoms with Crippen LogP contribution in [0.15, 0.2) is 30.3 Å². The summed E-state index contributed by atoms with van der Waals surface area (Å²) >= 11 is 0. The molecule has 3 heteroatoms. The molecule has 2 aromatic rings. The second kappa shape index (κ2) is 5.17. The highest BCUT2D eigenvalue weighted by Gasteiger charge is 2.12. The van der Waals surface area contributed by atoms with E-state index < -0.39 is 0 Å². The first-order valence-corrected chi connectivity index (χ1v) is 6.19. The topological polar surface area (TPSA) is 39.2 Å². The third-order valence-electron chi connectivity index (χ3n) is 2.75. The SMILES string of the molecule is CCOc1ccc2nc(C(=O)C(C)C)ccc2c1. The van der Waals surface area contributed by atoms with Crippen LogP contribution >= 0.6 is 0 Å². The van der Waals surface area contributed by atoms with Crippen LogP contribution < -0.4 is 4.74 Å². The molecule has 0 radical (unpaired) electrons. The average molecular weight is 243 g/mol. The molecule has 0 saturated carbocycles. The van der Waals surface area contributed by atoms with Crippen molar-refractivity contribution in [3.63, 3.8) is 0 Å². The predicted molar refractivity (Wildman–Crippen MR) is 72.1 cm³/mol. The van der Waals surface area contributed by atoms with E-state index in [0.717, 1.165) is 16.7 Å². The molecule has 1 heterocycles. The number of rotatable bonds is 4. The number of nitrogens with zero attached hydrogens (tertiary/aromatic N) is 1. The summed E-state index contributed by atoms with van der Waals surface area (Å²) in [5.41, 5.74) is 1.35. The van der Waals surface area contributed by atoms with Crippen molar-refractivity contribution in [3.05, 3.63) is 36.0 Å². The van der Waals surface area contributed by atoms with Crippen LogP contribution in [0.25, 0.3) is 10.9 Å². The lowest BCUT2D eigenvalue weighted by Gasteiger charge is -2.07. The van der Waals surface area contributed by atoms with Gasteiger partial charge in [0, 0.05) is 11.3 Å². The minimum Gasteiger partial charge on any atom is -0.494 e. The first kappa shape index (κ1) is 12.6. The van der Waals surface area contributed by atoms with Crippen molar-refractivity contribution in [1.82, 2.24) is 4.98 Å². The zero-order chi connectivity index (χ0) is 13.1. The molecule has 0 aliphatic heterocycles. The molecule has 0 amide bonds. The van der Waals surface area contributed by atoms with Crippen LogP contribution in [0.3, 0.4) is 0 Å². The highest BCUT2D eigenvalue weighted by molar-refractivity contribution is 5.97. The summed E-state index contributed by atoms with van der Waals surface area (Å²) in [6.45, 7) is 6.36. The number of ether oxygens (including phenoxy) is 1. The fourth-order valence-electron chi connectivity index (χ4n) is 1.79. The van der Waals surface area contributed by atoms with Gasteiger partial charge < -0.3 is 4.74 Å². The highest BCUT2D eigenvalue weighted by Crippen LogP contribution is 2.20. The van der Waals surface area contributed by atoms with Gasteiger partial charge >= 0.3 is 0 Å². The number of hydrogen-bond donors (Lipinski definition) is 0. The molecule has 1 aromatic carbocycles. The van der Waals surface area contributed by atoms with Gasteiger partial charge in [0.25, 0.3) is 0 Å². The largest absolute Gasteiger partial charge is 0.494 e. The van der Waals surface area contributed by atoms with Crippen LogP contribution in [0, 0.1) is 5.92 Å². The first-order chi connectivity index (χ1) is 8.61. The van der Waals surface area contributed by atoms with Gasteiger partial charge in [-0.1, -0.05) is 19.9 Å². The van der Waals surface area contributed by atoms with Gasteiger partial charge in [0.1, 0.15) is 11.4 Å². The molecular formula is C15H17NO2. The Morgan fingerprint density at radius 1 is 1.28 bits per heavy atom. The van der Waals surface area contributed by atoms with Gasteiger partial charge in [0.2, 0.25) is 0 Å². The lowest BCUT2D eigenvalue weighted by atomic mass is 10.0. The number of carbonyl (C=O) groups excluding carboxylic acids is 1. The van der Waals surface area contributed by atoms with Crippen molar-refractivity contribution in [2.24, 2.45) is 5.92 Å². The van der Waals surface area contributed by atoms with E-state index in [1.807, 2.05) is 45.0 Å². The Morgan fingerprint density at radius 3 is 2.72 bits per heavy atom. The second-order valence-electron chi connectivity index (χ2n) is 4.50. The van der Waals surface area contributed by atoms with Crippen LogP contribution in [0.4, 0.5) is 0 Å². The van der Waals surface area contributed by atoms with Crippen molar-refractivity contribution in [3.8, 4) is 5.75 Å². The highest BCUT2D eigenvalue weighted by atomic mass is 16.5. The Kier molecular flexibility index (Phi) is 3.60. The quantitative estimate of drug-likeness (QED) is 0.772. The van der Waals surface area contributed by atoms with Crippen molar-refractivity contribution >= 4 is 16.7 Å². The van der Waals surface area contributed by atoms with Gasteiger partial charge in [0.05, 0.1) is 12.1 Å². The van der Waals surface area contributed by atoms with E-state index >= 15 is 0 Å². The molecule has 0 bridgehead atoms. The standard InChI is InChI=1S/C15H17NO2/c1-4-18-12-6-8-13-11(9-12)5-7-14(16-13)15(17)10(2)3/h5-10H,4H2,1-3H3. The number of pyridine rings is 1. The van der Waals surface area contributed by atoms with Crippen molar-refractivity contribution in [2.75, 3.05) is 6.61 Å². The van der Waals surface area contributed by atoms with Crippen LogP contribution in [-0.2, 0) is 0 Å². The predicted octanol–water partition coefficient (Wildman–Crippen LogP) is 3.47. The van der Waals surface area contributed by atoms with Crippen LogP contribution in [0.2, 0.25) is 0 Å².